The molecule has 1 aliphatic carbocycles. The van der Waals surface area contributed by atoms with Gasteiger partial charge in [0.25, 0.3) is 0 Å². The second kappa shape index (κ2) is 8.65. The number of tetrazole rings is 1. The number of carboxylic acids is 1. The largest absolute Gasteiger partial charge is 0.480 e. The third-order valence-corrected chi connectivity index (χ3v) is 6.07. The van der Waals surface area contributed by atoms with Crippen molar-refractivity contribution >= 4 is 30.5 Å². The summed E-state index contributed by atoms with van der Waals surface area (Å²) < 4.78 is 15.8. The predicted molar refractivity (Wildman–Crippen MR) is 109 cm³/mol. The monoisotopic (exact) mass is 431 g/mol. The summed E-state index contributed by atoms with van der Waals surface area (Å²) in [5.41, 5.74) is 1.25. The van der Waals surface area contributed by atoms with Gasteiger partial charge in [0.2, 0.25) is 0 Å². The van der Waals surface area contributed by atoms with Crippen LogP contribution in [0.3, 0.4) is 0 Å². The van der Waals surface area contributed by atoms with E-state index in [9.17, 15) is 14.0 Å². The number of piperidine rings is 1. The van der Waals surface area contributed by atoms with Gasteiger partial charge in [-0.1, -0.05) is 18.2 Å². The molecule has 0 spiro atoms. The number of ketones is 1. The van der Waals surface area contributed by atoms with E-state index in [-0.39, 0.29) is 29.3 Å². The zero-order valence-electron chi connectivity index (χ0n) is 16.2. The van der Waals surface area contributed by atoms with Crippen molar-refractivity contribution in [2.45, 2.75) is 37.1 Å². The molecule has 1 aromatic carbocycles. The molecule has 1 aromatic heterocycles. The first kappa shape index (κ1) is 20.7. The average molecular weight is 431 g/mol. The van der Waals surface area contributed by atoms with E-state index in [1.807, 2.05) is 4.90 Å². The van der Waals surface area contributed by atoms with Gasteiger partial charge in [0.1, 0.15) is 12.4 Å². The van der Waals surface area contributed by atoms with E-state index >= 15 is 0 Å². The van der Waals surface area contributed by atoms with Crippen molar-refractivity contribution < 1.29 is 19.1 Å². The number of carbonyl (C=O) groups is 2. The second-order valence-electron chi connectivity index (χ2n) is 7.68. The van der Waals surface area contributed by atoms with Gasteiger partial charge in [-0.2, -0.15) is 12.6 Å². The summed E-state index contributed by atoms with van der Waals surface area (Å²) in [6.45, 7) is 0.639. The van der Waals surface area contributed by atoms with E-state index in [0.29, 0.717) is 30.9 Å². The number of hydrogen-bond donors (Lipinski definition) is 2. The number of likely N-dealkylation sites (tertiary alicyclic amines) is 1. The van der Waals surface area contributed by atoms with Crippen LogP contribution in [0.15, 0.2) is 29.8 Å². The normalized spacial score (nSPS) is 22.2. The second-order valence-corrected chi connectivity index (χ2v) is 8.31. The topological polar surface area (TPSA) is 101 Å². The Hall–Kier alpha value is -2.59. The summed E-state index contributed by atoms with van der Waals surface area (Å²) in [5, 5.41) is 20.1. The molecule has 2 aromatic rings. The van der Waals surface area contributed by atoms with Crippen LogP contribution in [0.4, 0.5) is 4.39 Å². The standard InChI is InChI=1S/C20H22FN5O3S/c21-15-4-2-1-3-14(15)19(20(29)12-5-6-12)25-8-7-16(30)13(10-25)9-17-22-23-24-26(17)11-18(27)28/h1-4,9,12,16,19,30H,5-8,10-11H2,(H,27,28)/b13-9+. The minimum Gasteiger partial charge on any atom is -0.480 e. The number of rotatable bonds is 7. The van der Waals surface area contributed by atoms with E-state index in [0.717, 1.165) is 18.4 Å². The lowest BCUT2D eigenvalue weighted by molar-refractivity contribution is -0.138. The van der Waals surface area contributed by atoms with Crippen LogP contribution in [-0.2, 0) is 16.1 Å². The zero-order valence-corrected chi connectivity index (χ0v) is 17.1. The quantitative estimate of drug-likeness (QED) is 0.647. The minimum absolute atomic E-state index is 0.0152. The van der Waals surface area contributed by atoms with Gasteiger partial charge in [-0.25, -0.2) is 9.07 Å². The molecule has 1 saturated carbocycles. The van der Waals surface area contributed by atoms with Crippen LogP contribution in [-0.4, -0.2) is 60.3 Å². The number of carboxylic acid groups (broad SMARTS) is 1. The highest BCUT2D eigenvalue weighted by atomic mass is 32.1. The van der Waals surface area contributed by atoms with Gasteiger partial charge in [-0.05, 0) is 47.4 Å². The van der Waals surface area contributed by atoms with Crippen molar-refractivity contribution in [3.05, 3.63) is 47.0 Å². The van der Waals surface area contributed by atoms with Gasteiger partial charge in [-0.3, -0.25) is 14.5 Å². The van der Waals surface area contributed by atoms with Crippen LogP contribution in [0.2, 0.25) is 0 Å². The van der Waals surface area contributed by atoms with E-state index in [1.54, 1.807) is 24.3 Å². The molecule has 1 saturated heterocycles. The van der Waals surface area contributed by atoms with Crippen molar-refractivity contribution in [1.82, 2.24) is 25.1 Å². The van der Waals surface area contributed by atoms with Gasteiger partial charge in [-0.15, -0.1) is 5.10 Å². The Morgan fingerprint density at radius 1 is 1.30 bits per heavy atom. The highest BCUT2D eigenvalue weighted by molar-refractivity contribution is 7.81. The fraction of sp³-hybridized carbons (Fsp3) is 0.450. The molecular formula is C20H22FN5O3S. The molecule has 30 heavy (non-hydrogen) atoms. The zero-order chi connectivity index (χ0) is 21.3. The van der Waals surface area contributed by atoms with E-state index in [1.165, 1.54) is 10.7 Å². The molecule has 158 valence electrons. The first-order valence-corrected chi connectivity index (χ1v) is 10.3. The Labute approximate surface area is 178 Å². The Balaban J connectivity index is 1.64. The summed E-state index contributed by atoms with van der Waals surface area (Å²) in [6.07, 6.45) is 4.07. The first-order valence-electron chi connectivity index (χ1n) is 9.82. The van der Waals surface area contributed by atoms with Gasteiger partial charge in [0.15, 0.2) is 11.6 Å². The molecule has 2 fully saturated rings. The maximum absolute atomic E-state index is 14.6. The van der Waals surface area contributed by atoms with E-state index < -0.39 is 12.0 Å². The molecule has 1 N–H and O–H groups in total. The maximum atomic E-state index is 14.6. The minimum atomic E-state index is -1.05. The Kier molecular flexibility index (Phi) is 5.96. The number of aromatic nitrogens is 4. The lowest BCUT2D eigenvalue weighted by atomic mass is 9.93. The molecule has 10 heteroatoms. The highest BCUT2D eigenvalue weighted by Gasteiger charge is 2.40. The summed E-state index contributed by atoms with van der Waals surface area (Å²) >= 11 is 4.64. The molecule has 2 unspecified atom stereocenters. The van der Waals surface area contributed by atoms with Crippen LogP contribution in [0, 0.1) is 11.7 Å². The number of nitrogens with zero attached hydrogens (tertiary/aromatic N) is 5. The Bertz CT molecular complexity index is 990. The van der Waals surface area contributed by atoms with Crippen LogP contribution >= 0.6 is 12.6 Å². The third kappa shape index (κ3) is 4.44. The number of benzene rings is 1. The summed E-state index contributed by atoms with van der Waals surface area (Å²) in [7, 11) is 0. The molecule has 0 bridgehead atoms. The van der Waals surface area contributed by atoms with Gasteiger partial charge in [0.05, 0.1) is 6.04 Å². The Morgan fingerprint density at radius 2 is 2.07 bits per heavy atom. The van der Waals surface area contributed by atoms with E-state index in [2.05, 4.69) is 28.2 Å². The molecule has 0 radical (unpaired) electrons. The van der Waals surface area contributed by atoms with Crippen molar-refractivity contribution in [2.24, 2.45) is 5.92 Å². The van der Waals surface area contributed by atoms with Gasteiger partial charge in [0, 0.05) is 29.8 Å². The number of hydrogen-bond acceptors (Lipinski definition) is 7. The molecule has 2 aliphatic rings. The van der Waals surface area contributed by atoms with Crippen LogP contribution in [0.5, 0.6) is 0 Å². The SMILES string of the molecule is O=C(O)Cn1nnnc1/C=C1\CN(C(C(=O)C2CC2)c2ccccc2F)CCC1S. The van der Waals surface area contributed by atoms with Crippen molar-refractivity contribution in [3.63, 3.8) is 0 Å². The summed E-state index contributed by atoms with van der Waals surface area (Å²) in [5.74, 6) is -1.10. The molecular weight excluding hydrogens is 409 g/mol. The average Bonchev–Trinajstić information content (AvgIpc) is 3.48. The fourth-order valence-electron chi connectivity index (χ4n) is 3.79. The number of halogens is 1. The van der Waals surface area contributed by atoms with Crippen molar-refractivity contribution in [3.8, 4) is 0 Å². The first-order chi connectivity index (χ1) is 14.4. The van der Waals surface area contributed by atoms with Crippen LogP contribution < -0.4 is 0 Å². The van der Waals surface area contributed by atoms with Crippen LogP contribution in [0.25, 0.3) is 6.08 Å². The molecule has 4 rings (SSSR count). The number of Topliss-reactive ketones (excluding diaryl/α,β-unsaturated/α-hetero) is 1. The number of thiol groups is 1. The molecule has 8 nitrogen and oxygen atoms in total. The van der Waals surface area contributed by atoms with Gasteiger partial charge >= 0.3 is 5.97 Å². The lowest BCUT2D eigenvalue weighted by Crippen LogP contribution is -2.42. The van der Waals surface area contributed by atoms with Crippen molar-refractivity contribution in [1.29, 1.82) is 0 Å². The molecule has 2 heterocycles. The maximum Gasteiger partial charge on any atom is 0.325 e. The molecule has 0 amide bonds. The Morgan fingerprint density at radius 3 is 2.77 bits per heavy atom. The summed E-state index contributed by atoms with van der Waals surface area (Å²) in [4.78, 5) is 26.1. The number of aliphatic carboxylic acids is 1. The number of carbonyl (C=O) groups excluding carboxylic acids is 1. The predicted octanol–water partition coefficient (Wildman–Crippen LogP) is 2.00. The van der Waals surface area contributed by atoms with E-state index in [4.69, 9.17) is 5.11 Å². The van der Waals surface area contributed by atoms with Gasteiger partial charge < -0.3 is 5.11 Å². The lowest BCUT2D eigenvalue weighted by Gasteiger charge is -2.37. The smallest absolute Gasteiger partial charge is 0.325 e. The summed E-state index contributed by atoms with van der Waals surface area (Å²) in [6, 6.07) is 5.76. The van der Waals surface area contributed by atoms with Crippen LogP contribution in [0.1, 0.15) is 36.7 Å². The highest BCUT2D eigenvalue weighted by Crippen LogP contribution is 2.39. The fourth-order valence-corrected chi connectivity index (χ4v) is 4.07. The molecule has 1 aliphatic heterocycles. The third-order valence-electron chi connectivity index (χ3n) is 5.48. The van der Waals surface area contributed by atoms with Crippen molar-refractivity contribution in [2.75, 3.05) is 13.1 Å². The molecule has 2 atom stereocenters.